The second kappa shape index (κ2) is 7.97. The first-order valence-electron chi connectivity index (χ1n) is 7.72. The van der Waals surface area contributed by atoms with Crippen LogP contribution in [0.15, 0.2) is 73.1 Å². The topological polar surface area (TPSA) is 57.7 Å². The predicted octanol–water partition coefficient (Wildman–Crippen LogP) is 3.89. The second-order valence-electron chi connectivity index (χ2n) is 5.24. The van der Waals surface area contributed by atoms with Gasteiger partial charge in [-0.1, -0.05) is 12.1 Å². The Labute approximate surface area is 145 Å². The molecule has 5 heteroatoms. The molecule has 0 aliphatic rings. The van der Waals surface area contributed by atoms with Gasteiger partial charge in [0.1, 0.15) is 23.9 Å². The number of methoxy groups -OCH3 is 1. The minimum atomic E-state index is -0.447. The first kappa shape index (κ1) is 16.5. The van der Waals surface area contributed by atoms with Crippen LogP contribution in [0.2, 0.25) is 0 Å². The van der Waals surface area contributed by atoms with E-state index in [1.54, 1.807) is 68.0 Å². The molecule has 0 spiro atoms. The van der Waals surface area contributed by atoms with E-state index in [1.807, 2.05) is 12.1 Å². The maximum absolute atomic E-state index is 12.3. The summed E-state index contributed by atoms with van der Waals surface area (Å²) in [6, 6.07) is 17.5. The summed E-state index contributed by atoms with van der Waals surface area (Å²) in [6.07, 6.45) is 3.45. The molecule has 3 aromatic rings. The molecule has 5 nitrogen and oxygen atoms in total. The third kappa shape index (κ3) is 4.57. The number of ether oxygens (including phenoxy) is 3. The lowest BCUT2D eigenvalue weighted by Crippen LogP contribution is -2.08. The van der Waals surface area contributed by atoms with E-state index in [2.05, 4.69) is 4.98 Å². The van der Waals surface area contributed by atoms with E-state index in [-0.39, 0.29) is 0 Å². The van der Waals surface area contributed by atoms with Crippen LogP contribution >= 0.6 is 0 Å². The quantitative estimate of drug-likeness (QED) is 0.505. The molecule has 0 N–H and O–H groups in total. The van der Waals surface area contributed by atoms with Crippen LogP contribution in [-0.4, -0.2) is 18.1 Å². The summed E-state index contributed by atoms with van der Waals surface area (Å²) in [4.78, 5) is 16.3. The molecular formula is C20H17NO4. The van der Waals surface area contributed by atoms with Gasteiger partial charge in [-0.2, -0.15) is 0 Å². The summed E-state index contributed by atoms with van der Waals surface area (Å²) in [5.41, 5.74) is 1.37. The average Bonchev–Trinajstić information content (AvgIpc) is 2.68. The van der Waals surface area contributed by atoms with Gasteiger partial charge in [-0.15, -0.1) is 0 Å². The molecule has 0 bridgehead atoms. The number of hydrogen-bond acceptors (Lipinski definition) is 5. The van der Waals surface area contributed by atoms with Crippen molar-refractivity contribution >= 4 is 5.97 Å². The monoisotopic (exact) mass is 335 g/mol. The number of rotatable bonds is 6. The van der Waals surface area contributed by atoms with Crippen molar-refractivity contribution in [3.8, 4) is 17.2 Å². The zero-order valence-electron chi connectivity index (χ0n) is 13.7. The lowest BCUT2D eigenvalue weighted by atomic mass is 10.2. The zero-order valence-corrected chi connectivity index (χ0v) is 13.7. The van der Waals surface area contributed by atoms with Crippen LogP contribution in [0.25, 0.3) is 0 Å². The van der Waals surface area contributed by atoms with Gasteiger partial charge in [-0.05, 0) is 48.5 Å². The van der Waals surface area contributed by atoms with Crippen molar-refractivity contribution in [3.63, 3.8) is 0 Å². The fourth-order valence-corrected chi connectivity index (χ4v) is 2.17. The summed E-state index contributed by atoms with van der Waals surface area (Å²) < 4.78 is 16.1. The summed E-state index contributed by atoms with van der Waals surface area (Å²) in [5, 5.41) is 0. The molecule has 0 aliphatic carbocycles. The van der Waals surface area contributed by atoms with Crippen LogP contribution in [0.3, 0.4) is 0 Å². The lowest BCUT2D eigenvalue weighted by molar-refractivity contribution is 0.0734. The van der Waals surface area contributed by atoms with E-state index in [1.165, 1.54) is 0 Å². The molecule has 0 fully saturated rings. The van der Waals surface area contributed by atoms with Gasteiger partial charge in [0, 0.05) is 18.0 Å². The summed E-state index contributed by atoms with van der Waals surface area (Å²) in [6.45, 7) is 0.380. The van der Waals surface area contributed by atoms with Crippen molar-refractivity contribution in [2.24, 2.45) is 0 Å². The van der Waals surface area contributed by atoms with E-state index in [0.29, 0.717) is 29.4 Å². The highest BCUT2D eigenvalue weighted by Gasteiger charge is 2.10. The fourth-order valence-electron chi connectivity index (χ4n) is 2.17. The highest BCUT2D eigenvalue weighted by molar-refractivity contribution is 5.91. The molecule has 0 amide bonds. The number of nitrogens with zero attached hydrogens (tertiary/aromatic N) is 1. The standard InChI is InChI=1S/C20H17NO4/c1-23-17-7-9-18(10-8-17)25-20(22)16-5-2-6-19(12-16)24-14-15-4-3-11-21-13-15/h2-13H,14H2,1H3. The van der Waals surface area contributed by atoms with Crippen LogP contribution in [0.5, 0.6) is 17.2 Å². The van der Waals surface area contributed by atoms with Gasteiger partial charge in [0.2, 0.25) is 0 Å². The fraction of sp³-hybridized carbons (Fsp3) is 0.100. The van der Waals surface area contributed by atoms with Gasteiger partial charge in [0.05, 0.1) is 12.7 Å². The molecule has 1 heterocycles. The van der Waals surface area contributed by atoms with Crippen LogP contribution in [-0.2, 0) is 6.61 Å². The highest BCUT2D eigenvalue weighted by Crippen LogP contribution is 2.20. The number of benzene rings is 2. The number of esters is 1. The SMILES string of the molecule is COc1ccc(OC(=O)c2cccc(OCc3cccnc3)c2)cc1. The Morgan fingerprint density at radius 2 is 1.76 bits per heavy atom. The molecule has 0 aliphatic heterocycles. The van der Waals surface area contributed by atoms with Crippen molar-refractivity contribution in [1.82, 2.24) is 4.98 Å². The Morgan fingerprint density at radius 1 is 0.960 bits per heavy atom. The number of carbonyl (C=O) groups is 1. The average molecular weight is 335 g/mol. The number of pyridine rings is 1. The Morgan fingerprint density at radius 3 is 2.48 bits per heavy atom. The van der Waals surface area contributed by atoms with Crippen LogP contribution < -0.4 is 14.2 Å². The van der Waals surface area contributed by atoms with Gasteiger partial charge in [-0.25, -0.2) is 4.79 Å². The molecule has 3 rings (SSSR count). The van der Waals surface area contributed by atoms with E-state index < -0.39 is 5.97 Å². The first-order chi connectivity index (χ1) is 12.2. The van der Waals surface area contributed by atoms with E-state index >= 15 is 0 Å². The van der Waals surface area contributed by atoms with Gasteiger partial charge < -0.3 is 14.2 Å². The highest BCUT2D eigenvalue weighted by atomic mass is 16.5. The molecule has 2 aromatic carbocycles. The van der Waals surface area contributed by atoms with Crippen molar-refractivity contribution in [2.75, 3.05) is 7.11 Å². The van der Waals surface area contributed by atoms with Crippen molar-refractivity contribution in [1.29, 1.82) is 0 Å². The largest absolute Gasteiger partial charge is 0.497 e. The molecule has 126 valence electrons. The van der Waals surface area contributed by atoms with Crippen LogP contribution in [0.1, 0.15) is 15.9 Å². The molecule has 0 radical (unpaired) electrons. The van der Waals surface area contributed by atoms with Gasteiger partial charge in [-0.3, -0.25) is 4.98 Å². The maximum atomic E-state index is 12.3. The third-order valence-corrected chi connectivity index (χ3v) is 3.47. The Hall–Kier alpha value is -3.34. The van der Waals surface area contributed by atoms with Gasteiger partial charge >= 0.3 is 5.97 Å². The summed E-state index contributed by atoms with van der Waals surface area (Å²) >= 11 is 0. The minimum Gasteiger partial charge on any atom is -0.497 e. The van der Waals surface area contributed by atoms with Crippen molar-refractivity contribution in [2.45, 2.75) is 6.61 Å². The van der Waals surface area contributed by atoms with E-state index in [0.717, 1.165) is 5.56 Å². The van der Waals surface area contributed by atoms with Crippen molar-refractivity contribution < 1.29 is 19.0 Å². The molecule has 0 atom stereocenters. The minimum absolute atomic E-state index is 0.380. The molecule has 1 aromatic heterocycles. The normalized spacial score (nSPS) is 10.1. The van der Waals surface area contributed by atoms with Crippen LogP contribution in [0, 0.1) is 0 Å². The Balaban J connectivity index is 1.64. The predicted molar refractivity (Wildman–Crippen MR) is 93.0 cm³/mol. The third-order valence-electron chi connectivity index (χ3n) is 3.47. The van der Waals surface area contributed by atoms with Crippen molar-refractivity contribution in [3.05, 3.63) is 84.2 Å². The molecular weight excluding hydrogens is 318 g/mol. The Kier molecular flexibility index (Phi) is 5.26. The summed E-state index contributed by atoms with van der Waals surface area (Å²) in [7, 11) is 1.58. The first-order valence-corrected chi connectivity index (χ1v) is 7.72. The molecule has 0 saturated carbocycles. The molecule has 0 saturated heterocycles. The van der Waals surface area contributed by atoms with Crippen LogP contribution in [0.4, 0.5) is 0 Å². The number of aromatic nitrogens is 1. The smallest absolute Gasteiger partial charge is 0.343 e. The van der Waals surface area contributed by atoms with E-state index in [4.69, 9.17) is 14.2 Å². The number of carbonyl (C=O) groups excluding carboxylic acids is 1. The Bertz CT molecular complexity index is 832. The lowest BCUT2D eigenvalue weighted by Gasteiger charge is -2.08. The summed E-state index contributed by atoms with van der Waals surface area (Å²) in [5.74, 6) is 1.29. The van der Waals surface area contributed by atoms with E-state index in [9.17, 15) is 4.79 Å². The second-order valence-corrected chi connectivity index (χ2v) is 5.24. The molecule has 25 heavy (non-hydrogen) atoms. The van der Waals surface area contributed by atoms with Gasteiger partial charge in [0.15, 0.2) is 0 Å². The zero-order chi connectivity index (χ0) is 17.5. The number of hydrogen-bond donors (Lipinski definition) is 0. The maximum Gasteiger partial charge on any atom is 0.343 e. The van der Waals surface area contributed by atoms with Gasteiger partial charge in [0.25, 0.3) is 0 Å². The molecule has 0 unspecified atom stereocenters.